The Morgan fingerprint density at radius 3 is 2.65 bits per heavy atom. The van der Waals surface area contributed by atoms with E-state index in [4.69, 9.17) is 4.52 Å². The summed E-state index contributed by atoms with van der Waals surface area (Å²) in [6.07, 6.45) is 5.06. The van der Waals surface area contributed by atoms with Crippen LogP contribution in [0.1, 0.15) is 16.2 Å². The van der Waals surface area contributed by atoms with Crippen LogP contribution in [0.15, 0.2) is 65.6 Å². The van der Waals surface area contributed by atoms with Gasteiger partial charge in [0, 0.05) is 29.7 Å². The molecule has 0 saturated carbocycles. The maximum absolute atomic E-state index is 12.6. The van der Waals surface area contributed by atoms with E-state index in [0.29, 0.717) is 28.8 Å². The van der Waals surface area contributed by atoms with E-state index in [-0.39, 0.29) is 5.91 Å². The Hall–Kier alpha value is -3.81. The van der Waals surface area contributed by atoms with Crippen molar-refractivity contribution >= 4 is 11.6 Å². The molecule has 128 valence electrons. The van der Waals surface area contributed by atoms with E-state index in [9.17, 15) is 4.79 Å². The van der Waals surface area contributed by atoms with E-state index < -0.39 is 0 Å². The van der Waals surface area contributed by atoms with Crippen molar-refractivity contribution in [2.75, 3.05) is 5.32 Å². The van der Waals surface area contributed by atoms with E-state index in [1.54, 1.807) is 72.7 Å². The van der Waals surface area contributed by atoms with Crippen LogP contribution in [0.3, 0.4) is 0 Å². The molecule has 0 atom stereocenters. The van der Waals surface area contributed by atoms with Crippen LogP contribution in [0.4, 0.5) is 5.69 Å². The Kier molecular flexibility index (Phi) is 3.98. The van der Waals surface area contributed by atoms with Crippen LogP contribution in [0.2, 0.25) is 0 Å². The normalized spacial score (nSPS) is 10.7. The zero-order chi connectivity index (χ0) is 17.9. The lowest BCUT2D eigenvalue weighted by Gasteiger charge is -2.10. The van der Waals surface area contributed by atoms with Gasteiger partial charge in [-0.2, -0.15) is 10.1 Å². The molecule has 0 radical (unpaired) electrons. The molecular formula is C18H14N6O2. The zero-order valence-corrected chi connectivity index (χ0v) is 13.8. The SMILES string of the molecule is Cc1noc(-c2ccc(C(=O)Nc3cccnc3-n3cccn3)cc2)n1. The fourth-order valence-electron chi connectivity index (χ4n) is 2.44. The molecule has 0 aliphatic rings. The third-order valence-corrected chi connectivity index (χ3v) is 3.68. The summed E-state index contributed by atoms with van der Waals surface area (Å²) in [5.41, 5.74) is 1.82. The first kappa shape index (κ1) is 15.7. The number of hydrogen-bond donors (Lipinski definition) is 1. The van der Waals surface area contributed by atoms with Crippen molar-refractivity contribution < 1.29 is 9.32 Å². The van der Waals surface area contributed by atoms with Gasteiger partial charge in [-0.1, -0.05) is 5.16 Å². The first-order valence-electron chi connectivity index (χ1n) is 7.88. The lowest BCUT2D eigenvalue weighted by atomic mass is 10.1. The summed E-state index contributed by atoms with van der Waals surface area (Å²) in [4.78, 5) is 21.0. The van der Waals surface area contributed by atoms with Crippen molar-refractivity contribution in [2.45, 2.75) is 6.92 Å². The Morgan fingerprint density at radius 2 is 1.96 bits per heavy atom. The van der Waals surface area contributed by atoms with Crippen LogP contribution in [0, 0.1) is 6.92 Å². The van der Waals surface area contributed by atoms with Crippen LogP contribution in [0.5, 0.6) is 0 Å². The predicted octanol–water partition coefficient (Wildman–Crippen LogP) is 2.88. The number of carbonyl (C=O) groups excluding carboxylic acids is 1. The van der Waals surface area contributed by atoms with Crippen molar-refractivity contribution in [3.05, 3.63) is 72.4 Å². The fraction of sp³-hybridized carbons (Fsp3) is 0.0556. The van der Waals surface area contributed by atoms with Crippen molar-refractivity contribution in [3.63, 3.8) is 0 Å². The molecule has 0 aliphatic carbocycles. The average molecular weight is 346 g/mol. The largest absolute Gasteiger partial charge is 0.334 e. The summed E-state index contributed by atoms with van der Waals surface area (Å²) in [6.45, 7) is 1.75. The number of amides is 1. The molecule has 0 spiro atoms. The van der Waals surface area contributed by atoms with Gasteiger partial charge in [0.1, 0.15) is 0 Å². The molecule has 1 aromatic carbocycles. The monoisotopic (exact) mass is 346 g/mol. The molecule has 3 heterocycles. The number of rotatable bonds is 4. The summed E-state index contributed by atoms with van der Waals surface area (Å²) in [5.74, 6) is 1.27. The number of benzene rings is 1. The Morgan fingerprint density at radius 1 is 1.12 bits per heavy atom. The number of carbonyl (C=O) groups is 1. The van der Waals surface area contributed by atoms with Gasteiger partial charge in [0.15, 0.2) is 11.6 Å². The minimum absolute atomic E-state index is 0.250. The smallest absolute Gasteiger partial charge is 0.257 e. The fourth-order valence-corrected chi connectivity index (χ4v) is 2.44. The summed E-state index contributed by atoms with van der Waals surface area (Å²) in [5, 5.41) is 10.8. The molecular weight excluding hydrogens is 332 g/mol. The number of aromatic nitrogens is 5. The summed E-state index contributed by atoms with van der Waals surface area (Å²) >= 11 is 0. The molecule has 4 rings (SSSR count). The van der Waals surface area contributed by atoms with E-state index in [2.05, 4.69) is 25.5 Å². The molecule has 26 heavy (non-hydrogen) atoms. The number of nitrogens with zero attached hydrogens (tertiary/aromatic N) is 5. The highest BCUT2D eigenvalue weighted by Gasteiger charge is 2.12. The van der Waals surface area contributed by atoms with E-state index >= 15 is 0 Å². The second-order valence-electron chi connectivity index (χ2n) is 5.50. The predicted molar refractivity (Wildman–Crippen MR) is 93.8 cm³/mol. The molecule has 8 nitrogen and oxygen atoms in total. The second kappa shape index (κ2) is 6.60. The van der Waals surface area contributed by atoms with Gasteiger partial charge in [0.05, 0.1) is 5.69 Å². The van der Waals surface area contributed by atoms with Gasteiger partial charge in [-0.3, -0.25) is 4.79 Å². The van der Waals surface area contributed by atoms with Crippen molar-refractivity contribution in [3.8, 4) is 17.3 Å². The van der Waals surface area contributed by atoms with Crippen molar-refractivity contribution in [2.24, 2.45) is 0 Å². The van der Waals surface area contributed by atoms with Crippen LogP contribution < -0.4 is 5.32 Å². The van der Waals surface area contributed by atoms with Gasteiger partial charge in [-0.15, -0.1) is 0 Å². The van der Waals surface area contributed by atoms with Gasteiger partial charge in [-0.25, -0.2) is 9.67 Å². The van der Waals surface area contributed by atoms with Crippen LogP contribution in [0.25, 0.3) is 17.3 Å². The van der Waals surface area contributed by atoms with E-state index in [0.717, 1.165) is 5.56 Å². The van der Waals surface area contributed by atoms with Crippen molar-refractivity contribution in [1.82, 2.24) is 24.9 Å². The Balaban J connectivity index is 1.56. The zero-order valence-electron chi connectivity index (χ0n) is 13.8. The molecule has 1 amide bonds. The first-order valence-corrected chi connectivity index (χ1v) is 7.88. The van der Waals surface area contributed by atoms with Gasteiger partial charge >= 0.3 is 0 Å². The molecule has 1 N–H and O–H groups in total. The van der Waals surface area contributed by atoms with Gasteiger partial charge in [0.25, 0.3) is 11.8 Å². The van der Waals surface area contributed by atoms with Crippen LogP contribution in [-0.4, -0.2) is 30.8 Å². The summed E-state index contributed by atoms with van der Waals surface area (Å²) < 4.78 is 6.72. The molecule has 0 bridgehead atoms. The van der Waals surface area contributed by atoms with Crippen molar-refractivity contribution in [1.29, 1.82) is 0 Å². The lowest BCUT2D eigenvalue weighted by Crippen LogP contribution is -2.14. The minimum atomic E-state index is -0.250. The number of aryl methyl sites for hydroxylation is 1. The maximum atomic E-state index is 12.6. The first-order chi connectivity index (χ1) is 12.7. The summed E-state index contributed by atoms with van der Waals surface area (Å²) in [7, 11) is 0. The van der Waals surface area contributed by atoms with Gasteiger partial charge < -0.3 is 9.84 Å². The second-order valence-corrected chi connectivity index (χ2v) is 5.50. The lowest BCUT2D eigenvalue weighted by molar-refractivity contribution is 0.102. The average Bonchev–Trinajstić information content (AvgIpc) is 3.34. The van der Waals surface area contributed by atoms with E-state index in [1.807, 2.05) is 0 Å². The molecule has 8 heteroatoms. The maximum Gasteiger partial charge on any atom is 0.257 e. The molecule has 0 unspecified atom stereocenters. The number of hydrogen-bond acceptors (Lipinski definition) is 6. The molecule has 0 aliphatic heterocycles. The van der Waals surface area contributed by atoms with Crippen LogP contribution in [-0.2, 0) is 0 Å². The molecule has 0 fully saturated rings. The topological polar surface area (TPSA) is 98.7 Å². The third-order valence-electron chi connectivity index (χ3n) is 3.68. The molecule has 0 saturated heterocycles. The quantitative estimate of drug-likeness (QED) is 0.610. The number of nitrogens with one attached hydrogen (secondary N) is 1. The minimum Gasteiger partial charge on any atom is -0.334 e. The summed E-state index contributed by atoms with van der Waals surface area (Å²) in [6, 6.07) is 12.3. The molecule has 4 aromatic rings. The standard InChI is InChI=1S/C18H14N6O2/c1-12-21-18(26-23-12)14-7-5-13(6-8-14)17(25)22-15-4-2-9-19-16(15)24-11-3-10-20-24/h2-11H,1H3,(H,22,25). The number of pyridine rings is 1. The Bertz CT molecular complexity index is 1040. The molecule has 3 aromatic heterocycles. The highest BCUT2D eigenvalue weighted by molar-refractivity contribution is 6.05. The van der Waals surface area contributed by atoms with E-state index in [1.165, 1.54) is 0 Å². The number of anilines is 1. The van der Waals surface area contributed by atoms with Crippen LogP contribution >= 0.6 is 0 Å². The third kappa shape index (κ3) is 3.07. The Labute approximate surface area is 148 Å². The van der Waals surface area contributed by atoms with Gasteiger partial charge in [0.2, 0.25) is 0 Å². The highest BCUT2D eigenvalue weighted by atomic mass is 16.5. The van der Waals surface area contributed by atoms with Gasteiger partial charge in [-0.05, 0) is 49.4 Å². The highest BCUT2D eigenvalue weighted by Crippen LogP contribution is 2.20.